The maximum Gasteiger partial charge on any atom is 0.205 e. The number of H-pyrrole nitrogens is 1. The van der Waals surface area contributed by atoms with Crippen molar-refractivity contribution in [3.63, 3.8) is 0 Å². The van der Waals surface area contributed by atoms with Gasteiger partial charge in [0.15, 0.2) is 0 Å². The molecule has 5 heteroatoms. The smallest absolute Gasteiger partial charge is 0.205 e. The van der Waals surface area contributed by atoms with Crippen molar-refractivity contribution >= 4 is 33.8 Å². The van der Waals surface area contributed by atoms with Crippen molar-refractivity contribution in [2.75, 3.05) is 0 Å². The topological polar surface area (TPSA) is 33.1 Å². The van der Waals surface area contributed by atoms with Crippen molar-refractivity contribution in [2.45, 2.75) is 13.8 Å². The summed E-state index contributed by atoms with van der Waals surface area (Å²) in [4.78, 5) is 7.95. The molecule has 4 aromatic rings. The van der Waals surface area contributed by atoms with Gasteiger partial charge in [0.2, 0.25) is 4.77 Å². The summed E-state index contributed by atoms with van der Waals surface area (Å²) >= 11 is 8.91. The first-order chi connectivity index (χ1) is 12.0. The lowest BCUT2D eigenvalue weighted by atomic mass is 10.0. The predicted molar refractivity (Wildman–Crippen MR) is 108 cm³/mol. The first-order valence-corrected chi connectivity index (χ1v) is 9.17. The lowest BCUT2D eigenvalue weighted by Gasteiger charge is -2.08. The molecule has 0 unspecified atom stereocenters. The molecule has 1 N–H and O–H groups in total. The molecule has 0 aliphatic heterocycles. The van der Waals surface area contributed by atoms with Crippen molar-refractivity contribution in [1.82, 2.24) is 14.4 Å². The molecule has 2 aromatic heterocycles. The van der Waals surface area contributed by atoms with E-state index in [4.69, 9.17) is 12.2 Å². The fourth-order valence-electron chi connectivity index (χ4n) is 3.00. The average Bonchev–Trinajstić information content (AvgIpc) is 3.04. The van der Waals surface area contributed by atoms with Crippen LogP contribution in [0.2, 0.25) is 0 Å². The quantitative estimate of drug-likeness (QED) is 0.405. The van der Waals surface area contributed by atoms with Crippen LogP contribution in [0.25, 0.3) is 28.0 Å². The van der Waals surface area contributed by atoms with Crippen LogP contribution in [0.3, 0.4) is 0 Å². The van der Waals surface area contributed by atoms with E-state index in [1.54, 1.807) is 0 Å². The molecule has 0 aliphatic rings. The van der Waals surface area contributed by atoms with Gasteiger partial charge in [-0.3, -0.25) is 4.40 Å². The Morgan fingerprint density at radius 2 is 1.80 bits per heavy atom. The van der Waals surface area contributed by atoms with Crippen molar-refractivity contribution in [3.8, 4) is 22.4 Å². The predicted octanol–water partition coefficient (Wildman–Crippen LogP) is 6.11. The first kappa shape index (κ1) is 16.2. The van der Waals surface area contributed by atoms with Gasteiger partial charge in [0.25, 0.3) is 0 Å². The minimum Gasteiger partial charge on any atom is -0.339 e. The summed E-state index contributed by atoms with van der Waals surface area (Å²) in [6.07, 6.45) is 3.88. The third-order valence-corrected chi connectivity index (χ3v) is 5.19. The molecule has 0 saturated carbocycles. The monoisotopic (exact) mass is 409 g/mol. The Balaban J connectivity index is 1.98. The largest absolute Gasteiger partial charge is 0.339 e. The Labute approximate surface area is 159 Å². The number of hydrogen-bond acceptors (Lipinski definition) is 2. The number of aromatic amines is 1. The van der Waals surface area contributed by atoms with Crippen molar-refractivity contribution in [1.29, 1.82) is 0 Å². The summed E-state index contributed by atoms with van der Waals surface area (Å²) in [6, 6.07) is 14.7. The lowest BCUT2D eigenvalue weighted by Crippen LogP contribution is -1.94. The highest BCUT2D eigenvalue weighted by atomic mass is 79.9. The molecule has 4 rings (SSSR count). The van der Waals surface area contributed by atoms with Gasteiger partial charge < -0.3 is 4.98 Å². The van der Waals surface area contributed by atoms with Crippen LogP contribution >= 0.6 is 28.1 Å². The van der Waals surface area contributed by atoms with E-state index in [9.17, 15) is 0 Å². The van der Waals surface area contributed by atoms with Crippen LogP contribution in [-0.4, -0.2) is 14.4 Å². The molecule has 3 nitrogen and oxygen atoms in total. The number of rotatable bonds is 2. The Bertz CT molecular complexity index is 1140. The normalized spacial score (nSPS) is 11.2. The Morgan fingerprint density at radius 1 is 1.04 bits per heavy atom. The fourth-order valence-corrected chi connectivity index (χ4v) is 3.47. The summed E-state index contributed by atoms with van der Waals surface area (Å²) in [7, 11) is 0. The number of halogens is 1. The van der Waals surface area contributed by atoms with Gasteiger partial charge in [-0.15, -0.1) is 0 Å². The molecule has 0 amide bonds. The van der Waals surface area contributed by atoms with E-state index in [1.807, 2.05) is 28.9 Å². The molecule has 0 fully saturated rings. The Morgan fingerprint density at radius 3 is 2.56 bits per heavy atom. The highest BCUT2D eigenvalue weighted by Gasteiger charge is 2.12. The van der Waals surface area contributed by atoms with Crippen LogP contribution in [0.4, 0.5) is 0 Å². The molecular weight excluding hydrogens is 394 g/mol. The second-order valence-electron chi connectivity index (χ2n) is 6.17. The summed E-state index contributed by atoms with van der Waals surface area (Å²) in [5.74, 6) is 0. The van der Waals surface area contributed by atoms with Crippen LogP contribution in [0.5, 0.6) is 0 Å². The number of hydrogen-bond donors (Lipinski definition) is 1. The molecule has 0 saturated heterocycles. The molecule has 0 bridgehead atoms. The lowest BCUT2D eigenvalue weighted by molar-refractivity contribution is 1.06. The van der Waals surface area contributed by atoms with Gasteiger partial charge in [0.05, 0.1) is 5.69 Å². The molecule has 0 spiro atoms. The number of imidazole rings is 1. The number of aromatic nitrogens is 3. The third-order valence-electron chi connectivity index (χ3n) is 4.36. The summed E-state index contributed by atoms with van der Waals surface area (Å²) in [6.45, 7) is 4.22. The van der Waals surface area contributed by atoms with Crippen molar-refractivity contribution in [3.05, 3.63) is 75.2 Å². The van der Waals surface area contributed by atoms with Crippen LogP contribution in [-0.2, 0) is 0 Å². The first-order valence-electron chi connectivity index (χ1n) is 7.97. The summed E-state index contributed by atoms with van der Waals surface area (Å²) in [5, 5.41) is 0. The highest BCUT2D eigenvalue weighted by molar-refractivity contribution is 9.10. The van der Waals surface area contributed by atoms with Gasteiger partial charge in [-0.2, -0.15) is 0 Å². The van der Waals surface area contributed by atoms with Gasteiger partial charge in [-0.05, 0) is 54.9 Å². The zero-order valence-electron chi connectivity index (χ0n) is 13.9. The number of benzene rings is 2. The van der Waals surface area contributed by atoms with Gasteiger partial charge >= 0.3 is 0 Å². The minimum atomic E-state index is 0.545. The van der Waals surface area contributed by atoms with E-state index >= 15 is 0 Å². The molecule has 0 radical (unpaired) electrons. The minimum absolute atomic E-state index is 0.545. The summed E-state index contributed by atoms with van der Waals surface area (Å²) < 4.78 is 3.55. The Hall–Kier alpha value is -2.24. The Kier molecular flexibility index (Phi) is 4.06. The fraction of sp³-hybridized carbons (Fsp3) is 0.100. The van der Waals surface area contributed by atoms with Crippen molar-refractivity contribution in [2.24, 2.45) is 0 Å². The average molecular weight is 410 g/mol. The molecule has 124 valence electrons. The zero-order chi connectivity index (χ0) is 17.6. The standard InChI is InChI=1S/C20H16BrN3S/c1-12-3-4-13(2)16(9-12)17-10-22-20(25)24-11-18(23-19(17)24)14-5-7-15(21)8-6-14/h3-11,23H,1-2H3. The maximum absolute atomic E-state index is 5.43. The van der Waals surface area contributed by atoms with E-state index in [0.29, 0.717) is 4.77 Å². The van der Waals surface area contributed by atoms with Crippen LogP contribution in [0.1, 0.15) is 11.1 Å². The van der Waals surface area contributed by atoms with Gasteiger partial charge in [0, 0.05) is 22.4 Å². The zero-order valence-corrected chi connectivity index (χ0v) is 16.3. The van der Waals surface area contributed by atoms with E-state index in [0.717, 1.165) is 26.9 Å². The van der Waals surface area contributed by atoms with E-state index in [2.05, 4.69) is 70.1 Å². The number of nitrogens with zero attached hydrogens (tertiary/aromatic N) is 2. The van der Waals surface area contributed by atoms with Crippen LogP contribution in [0.15, 0.2) is 59.3 Å². The van der Waals surface area contributed by atoms with Gasteiger partial charge in [-0.25, -0.2) is 4.98 Å². The molecule has 0 atom stereocenters. The number of aryl methyl sites for hydroxylation is 2. The third kappa shape index (κ3) is 2.94. The number of nitrogens with one attached hydrogen (secondary N) is 1. The van der Waals surface area contributed by atoms with E-state index in [1.165, 1.54) is 16.7 Å². The van der Waals surface area contributed by atoms with Crippen LogP contribution in [0, 0.1) is 18.6 Å². The van der Waals surface area contributed by atoms with E-state index < -0.39 is 0 Å². The van der Waals surface area contributed by atoms with E-state index in [-0.39, 0.29) is 0 Å². The van der Waals surface area contributed by atoms with Gasteiger partial charge in [-0.1, -0.05) is 51.8 Å². The summed E-state index contributed by atoms with van der Waals surface area (Å²) in [5.41, 5.74) is 7.74. The van der Waals surface area contributed by atoms with Crippen LogP contribution < -0.4 is 0 Å². The van der Waals surface area contributed by atoms with Crippen molar-refractivity contribution < 1.29 is 0 Å². The van der Waals surface area contributed by atoms with Gasteiger partial charge in [0.1, 0.15) is 5.65 Å². The molecular formula is C20H16BrN3S. The highest BCUT2D eigenvalue weighted by Crippen LogP contribution is 2.30. The molecule has 25 heavy (non-hydrogen) atoms. The molecule has 2 aromatic carbocycles. The second kappa shape index (κ2) is 6.24. The number of fused-ring (bicyclic) bond motifs is 1. The maximum atomic E-state index is 5.43. The SMILES string of the molecule is Cc1ccc(C)c(-c2cnc(=S)n3cc(-c4ccc(Br)cc4)[nH]c23)c1. The molecule has 2 heterocycles. The second-order valence-corrected chi connectivity index (χ2v) is 7.45. The molecule has 0 aliphatic carbocycles.